The first-order valence-electron chi connectivity index (χ1n) is 12.3. The topological polar surface area (TPSA) is 72.8 Å². The second kappa shape index (κ2) is 8.35. The van der Waals surface area contributed by atoms with E-state index in [0.717, 1.165) is 51.4 Å². The van der Waals surface area contributed by atoms with Gasteiger partial charge in [0, 0.05) is 0 Å². The van der Waals surface area contributed by atoms with Gasteiger partial charge in [-0.25, -0.2) is 4.79 Å². The Kier molecular flexibility index (Phi) is 6.61. The van der Waals surface area contributed by atoms with Crippen LogP contribution in [-0.4, -0.2) is 34.9 Å². The maximum absolute atomic E-state index is 13.3. The number of ether oxygens (including phenoxy) is 2. The molecule has 3 rings (SSSR count). The van der Waals surface area contributed by atoms with Crippen molar-refractivity contribution in [3.63, 3.8) is 0 Å². The highest BCUT2D eigenvalue weighted by Gasteiger charge is 2.60. The third-order valence-electron chi connectivity index (χ3n) is 9.00. The van der Waals surface area contributed by atoms with Gasteiger partial charge in [-0.3, -0.25) is 4.79 Å². The first-order chi connectivity index (χ1) is 14.2. The molecule has 0 aliphatic heterocycles. The molecule has 5 heteroatoms. The highest BCUT2D eigenvalue weighted by molar-refractivity contribution is 5.80. The van der Waals surface area contributed by atoms with Crippen molar-refractivity contribution in [3.8, 4) is 0 Å². The number of carbonyl (C=O) groups excluding carboxylic acids is 2. The number of hydrogen-bond donors (Lipinski definition) is 1. The summed E-state index contributed by atoms with van der Waals surface area (Å²) >= 11 is 0. The van der Waals surface area contributed by atoms with E-state index >= 15 is 0 Å². The lowest BCUT2D eigenvalue weighted by atomic mass is 9.43. The zero-order valence-corrected chi connectivity index (χ0v) is 20.8. The molecule has 0 bridgehead atoms. The lowest BCUT2D eigenvalue weighted by Crippen LogP contribution is -2.58. The first kappa shape index (κ1) is 24.5. The van der Waals surface area contributed by atoms with Crippen LogP contribution < -0.4 is 0 Å². The Morgan fingerprint density at radius 1 is 1.06 bits per heavy atom. The highest BCUT2D eigenvalue weighted by atomic mass is 16.6. The van der Waals surface area contributed by atoms with Crippen LogP contribution in [0.1, 0.15) is 99.8 Å². The van der Waals surface area contributed by atoms with Crippen molar-refractivity contribution in [2.24, 2.45) is 34.5 Å². The zero-order chi connectivity index (χ0) is 23.2. The Bertz CT molecular complexity index is 694. The minimum absolute atomic E-state index is 0.0825. The largest absolute Gasteiger partial charge is 0.457 e. The molecule has 3 aliphatic carbocycles. The molecule has 0 aromatic heterocycles. The summed E-state index contributed by atoms with van der Waals surface area (Å²) in [6.07, 6.45) is 7.78. The van der Waals surface area contributed by atoms with Gasteiger partial charge >= 0.3 is 11.9 Å². The van der Waals surface area contributed by atoms with Gasteiger partial charge in [0.15, 0.2) is 6.61 Å². The molecule has 3 saturated carbocycles. The number of fused-ring (bicyclic) bond motifs is 3. The molecule has 3 fully saturated rings. The number of esters is 2. The van der Waals surface area contributed by atoms with Crippen LogP contribution in [0.15, 0.2) is 0 Å². The number of aliphatic hydroxyl groups is 1. The third-order valence-corrected chi connectivity index (χ3v) is 9.00. The first-order valence-corrected chi connectivity index (χ1v) is 12.3. The monoisotopic (exact) mass is 436 g/mol. The number of carbonyl (C=O) groups is 2. The van der Waals surface area contributed by atoms with Crippen LogP contribution >= 0.6 is 0 Å². The minimum atomic E-state index is -0.589. The summed E-state index contributed by atoms with van der Waals surface area (Å²) in [7, 11) is 0. The molecule has 178 valence electrons. The van der Waals surface area contributed by atoms with Crippen LogP contribution in [0.3, 0.4) is 0 Å². The van der Waals surface area contributed by atoms with Crippen molar-refractivity contribution >= 4 is 11.9 Å². The Hall–Kier alpha value is -1.10. The highest BCUT2D eigenvalue weighted by Crippen LogP contribution is 2.65. The molecule has 6 atom stereocenters. The summed E-state index contributed by atoms with van der Waals surface area (Å²) in [5.74, 6) is 0.866. The normalized spacial score (nSPS) is 40.6. The summed E-state index contributed by atoms with van der Waals surface area (Å²) in [5.41, 5.74) is -1.62. The molecule has 31 heavy (non-hydrogen) atoms. The van der Waals surface area contributed by atoms with Crippen molar-refractivity contribution < 1.29 is 24.2 Å². The van der Waals surface area contributed by atoms with Crippen LogP contribution in [0.5, 0.6) is 0 Å². The summed E-state index contributed by atoms with van der Waals surface area (Å²) in [5, 5.41) is 11.1. The Labute approximate surface area is 188 Å². The fourth-order valence-corrected chi connectivity index (χ4v) is 7.33. The van der Waals surface area contributed by atoms with Gasteiger partial charge in [-0.05, 0) is 102 Å². The van der Waals surface area contributed by atoms with E-state index in [1.165, 1.54) is 0 Å². The van der Waals surface area contributed by atoms with E-state index in [1.54, 1.807) is 0 Å². The van der Waals surface area contributed by atoms with E-state index in [-0.39, 0.29) is 29.8 Å². The van der Waals surface area contributed by atoms with Gasteiger partial charge in [-0.1, -0.05) is 27.2 Å². The number of hydrogen-bond acceptors (Lipinski definition) is 5. The number of rotatable bonds is 4. The second-order valence-electron chi connectivity index (χ2n) is 12.4. The lowest BCUT2D eigenvalue weighted by molar-refractivity contribution is -0.190. The van der Waals surface area contributed by atoms with Gasteiger partial charge in [-0.2, -0.15) is 0 Å². The van der Waals surface area contributed by atoms with Crippen LogP contribution in [0.2, 0.25) is 0 Å². The molecule has 3 aliphatic rings. The summed E-state index contributed by atoms with van der Waals surface area (Å²) in [6.45, 7) is 13.8. The Morgan fingerprint density at radius 2 is 1.74 bits per heavy atom. The fraction of sp³-hybridized carbons (Fsp3) is 0.923. The molecule has 6 unspecified atom stereocenters. The second-order valence-corrected chi connectivity index (χ2v) is 12.4. The predicted octanol–water partition coefficient (Wildman–Crippen LogP) is 5.28. The molecule has 0 amide bonds. The van der Waals surface area contributed by atoms with Crippen LogP contribution in [0, 0.1) is 34.5 Å². The third kappa shape index (κ3) is 4.67. The molecule has 5 nitrogen and oxygen atoms in total. The smallest absolute Gasteiger partial charge is 0.344 e. The molecule has 0 spiro atoms. The maximum Gasteiger partial charge on any atom is 0.344 e. The van der Waals surface area contributed by atoms with Crippen molar-refractivity contribution in [3.05, 3.63) is 0 Å². The summed E-state index contributed by atoms with van der Waals surface area (Å²) in [6, 6.07) is 0. The average molecular weight is 437 g/mol. The van der Waals surface area contributed by atoms with E-state index in [2.05, 4.69) is 27.7 Å². The Balaban J connectivity index is 1.73. The van der Waals surface area contributed by atoms with E-state index < -0.39 is 22.6 Å². The van der Waals surface area contributed by atoms with Crippen molar-refractivity contribution in [2.45, 2.75) is 111 Å². The van der Waals surface area contributed by atoms with Gasteiger partial charge in [0.05, 0.1) is 11.0 Å². The van der Waals surface area contributed by atoms with E-state index in [0.29, 0.717) is 11.8 Å². The molecule has 0 saturated heterocycles. The van der Waals surface area contributed by atoms with Gasteiger partial charge < -0.3 is 14.6 Å². The average Bonchev–Trinajstić information content (AvgIpc) is 2.64. The fourth-order valence-electron chi connectivity index (χ4n) is 7.33. The van der Waals surface area contributed by atoms with Crippen molar-refractivity contribution in [1.82, 2.24) is 0 Å². The molecule has 1 N–H and O–H groups in total. The van der Waals surface area contributed by atoms with Gasteiger partial charge in [0.25, 0.3) is 0 Å². The Morgan fingerprint density at radius 3 is 2.35 bits per heavy atom. The lowest BCUT2D eigenvalue weighted by Gasteiger charge is -2.61. The molecular formula is C26H44O5. The molecule has 0 aromatic carbocycles. The quantitative estimate of drug-likeness (QED) is 0.607. The van der Waals surface area contributed by atoms with Crippen LogP contribution in [-0.2, 0) is 19.1 Å². The van der Waals surface area contributed by atoms with Gasteiger partial charge in [0.2, 0.25) is 0 Å². The summed E-state index contributed by atoms with van der Waals surface area (Å²) in [4.78, 5) is 25.3. The van der Waals surface area contributed by atoms with E-state index in [1.807, 2.05) is 20.8 Å². The van der Waals surface area contributed by atoms with Crippen molar-refractivity contribution in [2.75, 3.05) is 6.61 Å². The molecule has 0 heterocycles. The van der Waals surface area contributed by atoms with E-state index in [4.69, 9.17) is 9.47 Å². The van der Waals surface area contributed by atoms with Crippen LogP contribution in [0.25, 0.3) is 0 Å². The standard InChI is InChI=1S/C26H44O5/c1-17(2)26(29)14-11-19-18(15-26)9-10-20-24(19,6)12-8-13-25(20,7)22(28)30-16-21(27)31-23(3,4)5/h17-20,29H,8-16H2,1-7H3. The van der Waals surface area contributed by atoms with Crippen molar-refractivity contribution in [1.29, 1.82) is 0 Å². The van der Waals surface area contributed by atoms with E-state index in [9.17, 15) is 14.7 Å². The van der Waals surface area contributed by atoms with Crippen LogP contribution in [0.4, 0.5) is 0 Å². The van der Waals surface area contributed by atoms with Gasteiger partial charge in [0.1, 0.15) is 5.60 Å². The molecule has 0 radical (unpaired) electrons. The van der Waals surface area contributed by atoms with Gasteiger partial charge in [-0.15, -0.1) is 0 Å². The predicted molar refractivity (Wildman–Crippen MR) is 120 cm³/mol. The zero-order valence-electron chi connectivity index (χ0n) is 20.8. The SMILES string of the molecule is CC(C)C1(O)CCC2C(CCC3C(C)(C(=O)OCC(=O)OC(C)(C)C)CCCC23C)C1. The molecule has 0 aromatic rings. The summed E-state index contributed by atoms with van der Waals surface area (Å²) < 4.78 is 10.8. The maximum atomic E-state index is 13.3. The minimum Gasteiger partial charge on any atom is -0.457 e. The molecular weight excluding hydrogens is 392 g/mol.